The lowest BCUT2D eigenvalue weighted by molar-refractivity contribution is -0.128. The van der Waals surface area contributed by atoms with Crippen molar-refractivity contribution in [1.82, 2.24) is 25.1 Å². The van der Waals surface area contributed by atoms with Crippen LogP contribution in [0.1, 0.15) is 30.4 Å². The first kappa shape index (κ1) is 22.7. The molecule has 0 radical (unpaired) electrons. The van der Waals surface area contributed by atoms with E-state index in [9.17, 15) is 18.7 Å². The highest BCUT2D eigenvalue weighted by atomic mass is 19.3. The molecule has 1 amide bonds. The molecule has 0 saturated carbocycles. The molecule has 1 N–H and O–H groups in total. The number of likely N-dealkylation sites (tertiary alicyclic amines) is 1. The number of benzene rings is 2. The molecule has 4 rings (SSSR count). The number of carbonyl (C=O) groups excluding carboxylic acids is 1. The van der Waals surface area contributed by atoms with E-state index < -0.39 is 12.0 Å². The molecule has 2 aromatic carbocycles. The smallest absolute Gasteiger partial charge is 0.302 e. The van der Waals surface area contributed by atoms with Crippen LogP contribution in [0.5, 0.6) is 0 Å². The lowest BCUT2D eigenvalue weighted by Crippen LogP contribution is -2.34. The van der Waals surface area contributed by atoms with Crippen LogP contribution in [0.15, 0.2) is 73.1 Å². The Morgan fingerprint density at radius 2 is 2.00 bits per heavy atom. The van der Waals surface area contributed by atoms with E-state index in [-0.39, 0.29) is 17.5 Å². The third-order valence-corrected chi connectivity index (χ3v) is 5.81. The molecule has 3 aromatic rings. The van der Waals surface area contributed by atoms with Gasteiger partial charge in [-0.15, -0.1) is 5.10 Å². The third-order valence-electron chi connectivity index (χ3n) is 5.81. The molecule has 1 aliphatic heterocycles. The highest BCUT2D eigenvalue weighted by Gasteiger charge is 2.39. The van der Waals surface area contributed by atoms with Crippen LogP contribution < -0.4 is 0 Å². The van der Waals surface area contributed by atoms with Crippen LogP contribution in [0.3, 0.4) is 0 Å². The first-order valence-corrected chi connectivity index (χ1v) is 10.9. The van der Waals surface area contributed by atoms with Gasteiger partial charge < -0.3 is 10.0 Å². The van der Waals surface area contributed by atoms with Gasteiger partial charge in [-0.2, -0.15) is 8.78 Å². The number of alkyl halides is 2. The molecule has 1 unspecified atom stereocenters. The van der Waals surface area contributed by atoms with E-state index in [1.807, 2.05) is 24.3 Å². The highest BCUT2D eigenvalue weighted by Crippen LogP contribution is 2.32. The number of aliphatic hydroxyl groups is 1. The summed E-state index contributed by atoms with van der Waals surface area (Å²) >= 11 is 0. The Morgan fingerprint density at radius 3 is 2.76 bits per heavy atom. The summed E-state index contributed by atoms with van der Waals surface area (Å²) in [5, 5.41) is 21.3. The zero-order valence-corrected chi connectivity index (χ0v) is 18.0. The molecular weight excluding hydrogens is 428 g/mol. The maximum atomic E-state index is 14.5. The number of aliphatic hydroxyl groups excluding tert-OH is 1. The second-order valence-corrected chi connectivity index (χ2v) is 8.04. The van der Waals surface area contributed by atoms with E-state index in [2.05, 4.69) is 15.5 Å². The minimum absolute atomic E-state index is 0.00333. The maximum absolute atomic E-state index is 14.5. The molecule has 172 valence electrons. The lowest BCUT2D eigenvalue weighted by atomic mass is 10.0. The standard InChI is InChI=1S/C24H25F2N5O2/c25-24(26,19-8-2-1-3-9-19)22(32)13-11-20-12-14-23(33)30(20)15-5-7-18-6-4-10-21(16-18)31-17-27-28-29-31/h1-4,6,8-11,13,16-17,20,22,32H,5,7,12,14-15H2/t20-,22?/m0/s1. The predicted molar refractivity (Wildman–Crippen MR) is 118 cm³/mol. The molecule has 1 saturated heterocycles. The molecule has 2 heterocycles. The van der Waals surface area contributed by atoms with Crippen molar-refractivity contribution in [2.45, 2.75) is 43.8 Å². The fraction of sp³-hybridized carbons (Fsp3) is 0.333. The molecule has 0 aliphatic carbocycles. The van der Waals surface area contributed by atoms with Crippen molar-refractivity contribution in [1.29, 1.82) is 0 Å². The Labute approximate surface area is 190 Å². The van der Waals surface area contributed by atoms with E-state index in [4.69, 9.17) is 0 Å². The van der Waals surface area contributed by atoms with Crippen molar-refractivity contribution in [3.63, 3.8) is 0 Å². The van der Waals surface area contributed by atoms with Gasteiger partial charge in [-0.05, 0) is 47.4 Å². The number of amides is 1. The average molecular weight is 453 g/mol. The average Bonchev–Trinajstić information content (AvgIpc) is 3.49. The van der Waals surface area contributed by atoms with Gasteiger partial charge in [-0.25, -0.2) is 4.68 Å². The van der Waals surface area contributed by atoms with Gasteiger partial charge in [0.15, 0.2) is 0 Å². The van der Waals surface area contributed by atoms with Crippen LogP contribution in [0.25, 0.3) is 5.69 Å². The van der Waals surface area contributed by atoms with Crippen LogP contribution in [-0.4, -0.2) is 54.8 Å². The predicted octanol–water partition coefficient (Wildman–Crippen LogP) is 3.30. The Morgan fingerprint density at radius 1 is 1.18 bits per heavy atom. The number of nitrogens with zero attached hydrogens (tertiary/aromatic N) is 5. The molecule has 7 nitrogen and oxygen atoms in total. The van der Waals surface area contributed by atoms with Gasteiger partial charge in [0.25, 0.3) is 0 Å². The zero-order valence-electron chi connectivity index (χ0n) is 18.0. The Bertz CT molecular complexity index is 1090. The number of rotatable bonds is 9. The number of carbonyl (C=O) groups is 1. The first-order valence-electron chi connectivity index (χ1n) is 10.9. The number of hydrogen-bond acceptors (Lipinski definition) is 5. The molecule has 1 fully saturated rings. The SMILES string of the molecule is O=C1CC[C@H](C=CC(O)C(F)(F)c2ccccc2)N1CCCc1cccc(-n2cnnn2)c1. The first-order chi connectivity index (χ1) is 15.9. The van der Waals surface area contributed by atoms with Crippen LogP contribution in [-0.2, 0) is 17.1 Å². The minimum atomic E-state index is -3.41. The summed E-state index contributed by atoms with van der Waals surface area (Å²) in [5.74, 6) is -3.41. The Balaban J connectivity index is 1.35. The quantitative estimate of drug-likeness (QED) is 0.503. The van der Waals surface area contributed by atoms with Crippen molar-refractivity contribution in [2.24, 2.45) is 0 Å². The number of aryl methyl sites for hydroxylation is 1. The normalized spacial score (nSPS) is 17.7. The van der Waals surface area contributed by atoms with Crippen molar-refractivity contribution in [3.05, 3.63) is 84.2 Å². The summed E-state index contributed by atoms with van der Waals surface area (Å²) in [6.45, 7) is 0.508. The highest BCUT2D eigenvalue weighted by molar-refractivity contribution is 5.79. The topological polar surface area (TPSA) is 84.1 Å². The fourth-order valence-corrected chi connectivity index (χ4v) is 4.02. The number of hydrogen-bond donors (Lipinski definition) is 1. The van der Waals surface area contributed by atoms with E-state index in [0.29, 0.717) is 19.4 Å². The second kappa shape index (κ2) is 9.99. The fourth-order valence-electron chi connectivity index (χ4n) is 4.02. The van der Waals surface area contributed by atoms with Gasteiger partial charge >= 0.3 is 5.92 Å². The number of tetrazole rings is 1. The van der Waals surface area contributed by atoms with Crippen molar-refractivity contribution in [3.8, 4) is 5.69 Å². The van der Waals surface area contributed by atoms with Crippen LogP contribution in [0.2, 0.25) is 0 Å². The maximum Gasteiger partial charge on any atom is 0.302 e. The summed E-state index contributed by atoms with van der Waals surface area (Å²) < 4.78 is 30.6. The van der Waals surface area contributed by atoms with Crippen LogP contribution in [0, 0.1) is 0 Å². The van der Waals surface area contributed by atoms with Crippen molar-refractivity contribution >= 4 is 5.91 Å². The van der Waals surface area contributed by atoms with E-state index >= 15 is 0 Å². The van der Waals surface area contributed by atoms with Crippen molar-refractivity contribution < 1.29 is 18.7 Å². The van der Waals surface area contributed by atoms with Gasteiger partial charge in [-0.3, -0.25) is 4.79 Å². The number of halogens is 2. The van der Waals surface area contributed by atoms with Gasteiger partial charge in [0.2, 0.25) is 5.91 Å². The molecular formula is C24H25F2N5O2. The van der Waals surface area contributed by atoms with E-state index in [0.717, 1.165) is 30.2 Å². The third kappa shape index (κ3) is 5.31. The molecule has 33 heavy (non-hydrogen) atoms. The van der Waals surface area contributed by atoms with Gasteiger partial charge in [-0.1, -0.05) is 54.6 Å². The summed E-state index contributed by atoms with van der Waals surface area (Å²) in [6.07, 6.45) is 4.58. The summed E-state index contributed by atoms with van der Waals surface area (Å²) in [6, 6.07) is 14.8. The molecule has 2 atom stereocenters. The lowest BCUT2D eigenvalue weighted by Gasteiger charge is -2.24. The summed E-state index contributed by atoms with van der Waals surface area (Å²) in [5.41, 5.74) is 1.69. The molecule has 1 aliphatic rings. The Kier molecular flexibility index (Phi) is 6.88. The van der Waals surface area contributed by atoms with Gasteiger partial charge in [0.1, 0.15) is 12.4 Å². The van der Waals surface area contributed by atoms with Crippen molar-refractivity contribution in [2.75, 3.05) is 6.54 Å². The largest absolute Gasteiger partial charge is 0.382 e. The van der Waals surface area contributed by atoms with Crippen LogP contribution >= 0.6 is 0 Å². The molecule has 0 bridgehead atoms. The summed E-state index contributed by atoms with van der Waals surface area (Å²) in [4.78, 5) is 14.1. The minimum Gasteiger partial charge on any atom is -0.382 e. The van der Waals surface area contributed by atoms with Gasteiger partial charge in [0, 0.05) is 18.5 Å². The second-order valence-electron chi connectivity index (χ2n) is 8.04. The molecule has 1 aromatic heterocycles. The Hall–Kier alpha value is -3.46. The molecule has 9 heteroatoms. The monoisotopic (exact) mass is 453 g/mol. The van der Waals surface area contributed by atoms with Gasteiger partial charge in [0.05, 0.1) is 11.7 Å². The molecule has 0 spiro atoms. The van der Waals surface area contributed by atoms with E-state index in [1.54, 1.807) is 15.6 Å². The zero-order chi connectivity index (χ0) is 23.3. The number of aromatic nitrogens is 4. The van der Waals surface area contributed by atoms with E-state index in [1.165, 1.54) is 36.7 Å². The summed E-state index contributed by atoms with van der Waals surface area (Å²) in [7, 11) is 0. The van der Waals surface area contributed by atoms with Crippen LogP contribution in [0.4, 0.5) is 8.78 Å².